The lowest BCUT2D eigenvalue weighted by Crippen LogP contribution is -2.40. The molecule has 0 saturated carbocycles. The highest BCUT2D eigenvalue weighted by atomic mass is 35.5. The van der Waals surface area contributed by atoms with Gasteiger partial charge in [-0.1, -0.05) is 13.0 Å². The van der Waals surface area contributed by atoms with Crippen LogP contribution in [0.15, 0.2) is 36.9 Å². The van der Waals surface area contributed by atoms with Crippen LogP contribution in [0.2, 0.25) is 0 Å². The third-order valence-electron chi connectivity index (χ3n) is 4.36. The Labute approximate surface area is 160 Å². The van der Waals surface area contributed by atoms with Crippen LogP contribution in [-0.2, 0) is 0 Å². The van der Waals surface area contributed by atoms with Crippen molar-refractivity contribution in [3.05, 3.63) is 42.5 Å². The molecule has 1 aromatic carbocycles. The van der Waals surface area contributed by atoms with Crippen molar-refractivity contribution in [2.75, 3.05) is 26.2 Å². The van der Waals surface area contributed by atoms with E-state index >= 15 is 0 Å². The highest BCUT2D eigenvalue weighted by Crippen LogP contribution is 2.19. The smallest absolute Gasteiger partial charge is 0.253 e. The van der Waals surface area contributed by atoms with Gasteiger partial charge in [-0.3, -0.25) is 4.79 Å². The van der Waals surface area contributed by atoms with Crippen LogP contribution in [0.25, 0.3) is 5.69 Å². The zero-order chi connectivity index (χ0) is 16.1. The fraction of sp³-hybridized carbons (Fsp3) is 0.471. The second-order valence-electron chi connectivity index (χ2n) is 5.93. The van der Waals surface area contributed by atoms with E-state index in [0.29, 0.717) is 11.5 Å². The number of piperidine rings is 1. The molecule has 0 atom stereocenters. The first-order valence-corrected chi connectivity index (χ1v) is 8.23. The first-order valence-electron chi connectivity index (χ1n) is 8.23. The van der Waals surface area contributed by atoms with Crippen molar-refractivity contribution >= 4 is 30.7 Å². The average Bonchev–Trinajstić information content (AvgIpc) is 3.14. The SMILES string of the molecule is CCNCC1CCN(C(=O)c2cccc(-n3cncn3)c2)CC1.Cl.Cl. The molecule has 138 valence electrons. The monoisotopic (exact) mass is 385 g/mol. The van der Waals surface area contributed by atoms with Crippen LogP contribution in [0.4, 0.5) is 0 Å². The lowest BCUT2D eigenvalue weighted by molar-refractivity contribution is 0.0690. The summed E-state index contributed by atoms with van der Waals surface area (Å²) in [6, 6.07) is 7.56. The normalized spacial score (nSPS) is 14.5. The van der Waals surface area contributed by atoms with E-state index in [0.717, 1.165) is 44.7 Å². The molecule has 1 aliphatic rings. The number of nitrogens with zero attached hydrogens (tertiary/aromatic N) is 4. The number of aromatic nitrogens is 3. The van der Waals surface area contributed by atoms with Gasteiger partial charge in [-0.05, 0) is 50.0 Å². The van der Waals surface area contributed by atoms with E-state index in [4.69, 9.17) is 0 Å². The zero-order valence-electron chi connectivity index (χ0n) is 14.3. The summed E-state index contributed by atoms with van der Waals surface area (Å²) in [5.74, 6) is 0.786. The third kappa shape index (κ3) is 5.42. The highest BCUT2D eigenvalue weighted by molar-refractivity contribution is 5.94. The Morgan fingerprint density at radius 2 is 2.04 bits per heavy atom. The minimum absolute atomic E-state index is 0. The van der Waals surface area contributed by atoms with Crippen LogP contribution < -0.4 is 5.32 Å². The standard InChI is InChI=1S/C17H23N5O.2ClH/c1-2-18-11-14-6-8-21(9-7-14)17(23)15-4-3-5-16(10-15)22-13-19-12-20-22;;/h3-5,10,12-14,18H,2,6-9,11H2,1H3;2*1H. The molecule has 25 heavy (non-hydrogen) atoms. The van der Waals surface area contributed by atoms with E-state index in [2.05, 4.69) is 22.3 Å². The lowest BCUT2D eigenvalue weighted by Gasteiger charge is -2.32. The molecule has 6 nitrogen and oxygen atoms in total. The van der Waals surface area contributed by atoms with Gasteiger partial charge in [-0.25, -0.2) is 9.67 Å². The van der Waals surface area contributed by atoms with Crippen LogP contribution in [0.5, 0.6) is 0 Å². The lowest BCUT2D eigenvalue weighted by atomic mass is 9.96. The Morgan fingerprint density at radius 1 is 1.28 bits per heavy atom. The topological polar surface area (TPSA) is 63.1 Å². The van der Waals surface area contributed by atoms with Crippen LogP contribution in [0.1, 0.15) is 30.1 Å². The molecule has 0 aliphatic carbocycles. The number of carbonyl (C=O) groups is 1. The van der Waals surface area contributed by atoms with Crippen LogP contribution >= 0.6 is 24.8 Å². The maximum atomic E-state index is 12.7. The minimum Gasteiger partial charge on any atom is -0.339 e. The van der Waals surface area contributed by atoms with Crippen molar-refractivity contribution in [2.45, 2.75) is 19.8 Å². The van der Waals surface area contributed by atoms with E-state index in [1.165, 1.54) is 6.33 Å². The number of halogens is 2. The summed E-state index contributed by atoms with van der Waals surface area (Å²) in [6.07, 6.45) is 5.27. The number of rotatable bonds is 5. The predicted molar refractivity (Wildman–Crippen MR) is 103 cm³/mol. The van der Waals surface area contributed by atoms with Gasteiger partial charge in [-0.15, -0.1) is 24.8 Å². The Bertz CT molecular complexity index is 642. The summed E-state index contributed by atoms with van der Waals surface area (Å²) in [7, 11) is 0. The molecular weight excluding hydrogens is 361 g/mol. The van der Waals surface area contributed by atoms with Crippen molar-refractivity contribution in [3.8, 4) is 5.69 Å². The molecule has 1 amide bonds. The van der Waals surface area contributed by atoms with Crippen LogP contribution in [-0.4, -0.2) is 51.8 Å². The molecule has 1 aliphatic heterocycles. The summed E-state index contributed by atoms with van der Waals surface area (Å²) in [4.78, 5) is 18.6. The van der Waals surface area contributed by atoms with E-state index in [1.807, 2.05) is 29.2 Å². The van der Waals surface area contributed by atoms with Gasteiger partial charge in [0.1, 0.15) is 12.7 Å². The quantitative estimate of drug-likeness (QED) is 0.858. The highest BCUT2D eigenvalue weighted by Gasteiger charge is 2.23. The molecule has 8 heteroatoms. The van der Waals surface area contributed by atoms with Gasteiger partial charge >= 0.3 is 0 Å². The van der Waals surface area contributed by atoms with E-state index < -0.39 is 0 Å². The Kier molecular flexibility index (Phi) is 8.89. The molecule has 2 heterocycles. The first-order chi connectivity index (χ1) is 11.3. The second-order valence-corrected chi connectivity index (χ2v) is 5.93. The fourth-order valence-electron chi connectivity index (χ4n) is 2.99. The minimum atomic E-state index is 0. The van der Waals surface area contributed by atoms with Gasteiger partial charge in [0.15, 0.2) is 0 Å². The van der Waals surface area contributed by atoms with Crippen molar-refractivity contribution in [2.24, 2.45) is 5.92 Å². The summed E-state index contributed by atoms with van der Waals surface area (Å²) in [5, 5.41) is 7.51. The molecule has 1 fully saturated rings. The number of hydrogen-bond donors (Lipinski definition) is 1. The number of likely N-dealkylation sites (tertiary alicyclic amines) is 1. The number of benzene rings is 1. The Hall–Kier alpha value is -1.63. The molecule has 0 radical (unpaired) electrons. The fourth-order valence-corrected chi connectivity index (χ4v) is 2.99. The van der Waals surface area contributed by atoms with E-state index in [1.54, 1.807) is 11.0 Å². The van der Waals surface area contributed by atoms with E-state index in [-0.39, 0.29) is 30.7 Å². The van der Waals surface area contributed by atoms with Crippen molar-refractivity contribution < 1.29 is 4.79 Å². The average molecular weight is 386 g/mol. The molecule has 0 spiro atoms. The van der Waals surface area contributed by atoms with Crippen LogP contribution in [0, 0.1) is 5.92 Å². The van der Waals surface area contributed by atoms with Gasteiger partial charge in [0, 0.05) is 18.7 Å². The van der Waals surface area contributed by atoms with Gasteiger partial charge in [0.2, 0.25) is 0 Å². The van der Waals surface area contributed by atoms with Gasteiger partial charge in [0.05, 0.1) is 5.69 Å². The zero-order valence-corrected chi connectivity index (χ0v) is 15.9. The number of hydrogen-bond acceptors (Lipinski definition) is 4. The van der Waals surface area contributed by atoms with E-state index in [9.17, 15) is 4.79 Å². The first kappa shape index (κ1) is 21.4. The van der Waals surface area contributed by atoms with Gasteiger partial charge in [0.25, 0.3) is 5.91 Å². The maximum absolute atomic E-state index is 12.7. The molecule has 0 unspecified atom stereocenters. The third-order valence-corrected chi connectivity index (χ3v) is 4.36. The number of amides is 1. The summed E-state index contributed by atoms with van der Waals surface area (Å²) >= 11 is 0. The van der Waals surface area contributed by atoms with Crippen LogP contribution in [0.3, 0.4) is 0 Å². The van der Waals surface area contributed by atoms with Gasteiger partial charge in [-0.2, -0.15) is 5.10 Å². The molecule has 0 bridgehead atoms. The number of nitrogens with one attached hydrogen (secondary N) is 1. The molecule has 1 saturated heterocycles. The Morgan fingerprint density at radius 3 is 2.68 bits per heavy atom. The molecular formula is C17H25Cl2N5O. The Balaban J connectivity index is 0.00000156. The van der Waals surface area contributed by atoms with Crippen molar-refractivity contribution in [1.82, 2.24) is 25.0 Å². The van der Waals surface area contributed by atoms with Crippen molar-refractivity contribution in [1.29, 1.82) is 0 Å². The molecule has 3 rings (SSSR count). The largest absolute Gasteiger partial charge is 0.339 e. The molecule has 1 aromatic heterocycles. The molecule has 1 N–H and O–H groups in total. The predicted octanol–water partition coefficient (Wildman–Crippen LogP) is 2.57. The summed E-state index contributed by atoms with van der Waals surface area (Å²) in [6.45, 7) is 5.86. The maximum Gasteiger partial charge on any atom is 0.253 e. The van der Waals surface area contributed by atoms with Crippen molar-refractivity contribution in [3.63, 3.8) is 0 Å². The second kappa shape index (κ2) is 10.4. The summed E-state index contributed by atoms with van der Waals surface area (Å²) < 4.78 is 1.67. The number of carbonyl (C=O) groups excluding carboxylic acids is 1. The molecule has 2 aromatic rings. The van der Waals surface area contributed by atoms with Gasteiger partial charge < -0.3 is 10.2 Å². The summed E-state index contributed by atoms with van der Waals surface area (Å²) in [5.41, 5.74) is 1.57.